The molecule has 34 heavy (non-hydrogen) atoms. The highest BCUT2D eigenvalue weighted by Crippen LogP contribution is 2.29. The zero-order valence-corrected chi connectivity index (χ0v) is 19.6. The number of imide groups is 1. The molecule has 1 atom stereocenters. The zero-order valence-electron chi connectivity index (χ0n) is 18.8. The van der Waals surface area contributed by atoms with E-state index in [9.17, 15) is 23.2 Å². The molecule has 0 saturated carbocycles. The first-order valence-electron chi connectivity index (χ1n) is 11.1. The predicted octanol–water partition coefficient (Wildman–Crippen LogP) is 4.82. The summed E-state index contributed by atoms with van der Waals surface area (Å²) in [5.74, 6) is -2.35. The Balaban J connectivity index is 1.61. The number of carbonyl (C=O) groups is 3. The van der Waals surface area contributed by atoms with E-state index in [4.69, 9.17) is 21.1 Å². The molecule has 0 spiro atoms. The van der Waals surface area contributed by atoms with Crippen LogP contribution in [0.15, 0.2) is 36.4 Å². The van der Waals surface area contributed by atoms with Crippen molar-refractivity contribution in [1.29, 1.82) is 0 Å². The van der Waals surface area contributed by atoms with E-state index < -0.39 is 17.6 Å². The van der Waals surface area contributed by atoms with Crippen LogP contribution in [0.2, 0.25) is 5.02 Å². The fourth-order valence-corrected chi connectivity index (χ4v) is 3.97. The van der Waals surface area contributed by atoms with Crippen molar-refractivity contribution in [2.24, 2.45) is 0 Å². The summed E-state index contributed by atoms with van der Waals surface area (Å²) >= 11 is 5.78. The summed E-state index contributed by atoms with van der Waals surface area (Å²) in [6, 6.07) is 8.95. The monoisotopic (exact) mass is 493 g/mol. The molecule has 0 aromatic heterocycles. The van der Waals surface area contributed by atoms with Crippen LogP contribution in [0.4, 0.5) is 8.78 Å². The summed E-state index contributed by atoms with van der Waals surface area (Å²) in [7, 11) is 0. The number of hydrogen-bond acceptors (Lipinski definition) is 5. The molecule has 1 unspecified atom stereocenters. The maximum absolute atomic E-state index is 14.5. The summed E-state index contributed by atoms with van der Waals surface area (Å²) in [4.78, 5) is 36.4. The molecule has 3 rings (SSSR count). The molecule has 1 saturated heterocycles. The number of benzene rings is 2. The van der Waals surface area contributed by atoms with Gasteiger partial charge in [0.05, 0.1) is 24.6 Å². The minimum Gasteiger partial charge on any atom is -0.489 e. The summed E-state index contributed by atoms with van der Waals surface area (Å²) in [5.41, 5.74) is 1.29. The largest absolute Gasteiger partial charge is 0.489 e. The third-order valence-electron chi connectivity index (χ3n) is 5.64. The maximum Gasteiger partial charge on any atom is 0.306 e. The maximum atomic E-state index is 14.5. The average Bonchev–Trinajstić information content (AvgIpc) is 3.12. The standard InChI is InChI=1S/C25H26ClF2NO5/c1-2-33-25(32)15-18(17-6-7-19(26)20(27)14-17)5-3-16-4-8-22(21(28)13-16)34-12-11-29-23(30)9-10-24(29)31/h4,6-8,13-14,18H,2-3,5,9-12,15H2,1H3. The molecular formula is C25H26ClF2NO5. The number of carbonyl (C=O) groups excluding carboxylic acids is 3. The van der Waals surface area contributed by atoms with Crippen LogP contribution in [0.5, 0.6) is 5.75 Å². The van der Waals surface area contributed by atoms with Gasteiger partial charge < -0.3 is 9.47 Å². The van der Waals surface area contributed by atoms with Gasteiger partial charge in [-0.1, -0.05) is 23.7 Å². The van der Waals surface area contributed by atoms with Crippen LogP contribution in [-0.2, 0) is 25.5 Å². The lowest BCUT2D eigenvalue weighted by Gasteiger charge is -2.18. The van der Waals surface area contributed by atoms with E-state index in [-0.39, 0.29) is 67.5 Å². The van der Waals surface area contributed by atoms with Crippen LogP contribution in [0, 0.1) is 11.6 Å². The molecule has 1 heterocycles. The van der Waals surface area contributed by atoms with Gasteiger partial charge in [-0.05, 0) is 61.1 Å². The van der Waals surface area contributed by atoms with Gasteiger partial charge >= 0.3 is 5.97 Å². The summed E-state index contributed by atoms with van der Waals surface area (Å²) in [6.45, 7) is 2.03. The van der Waals surface area contributed by atoms with Crippen molar-refractivity contribution in [1.82, 2.24) is 4.90 Å². The Morgan fingerprint density at radius 3 is 2.47 bits per heavy atom. The SMILES string of the molecule is CCOC(=O)CC(CCc1ccc(OCCN2C(=O)CCC2=O)c(F)c1)c1ccc(Cl)c(F)c1. The van der Waals surface area contributed by atoms with Gasteiger partial charge in [-0.25, -0.2) is 8.78 Å². The Labute approximate surface area is 201 Å². The topological polar surface area (TPSA) is 72.9 Å². The number of aryl methyl sites for hydroxylation is 1. The first-order valence-corrected chi connectivity index (χ1v) is 11.5. The van der Waals surface area contributed by atoms with Crippen molar-refractivity contribution >= 4 is 29.4 Å². The highest BCUT2D eigenvalue weighted by atomic mass is 35.5. The molecule has 0 aliphatic carbocycles. The van der Waals surface area contributed by atoms with Crippen molar-refractivity contribution in [3.8, 4) is 5.75 Å². The molecule has 1 aliphatic rings. The van der Waals surface area contributed by atoms with Gasteiger partial charge in [0.2, 0.25) is 11.8 Å². The minimum absolute atomic E-state index is 0.00249. The van der Waals surface area contributed by atoms with E-state index in [0.717, 1.165) is 4.90 Å². The van der Waals surface area contributed by atoms with E-state index in [1.165, 1.54) is 24.3 Å². The molecule has 1 fully saturated rings. The molecule has 6 nitrogen and oxygen atoms in total. The third-order valence-corrected chi connectivity index (χ3v) is 5.95. The number of likely N-dealkylation sites (tertiary alicyclic amines) is 1. The van der Waals surface area contributed by atoms with Gasteiger partial charge in [-0.3, -0.25) is 19.3 Å². The molecule has 2 aromatic carbocycles. The number of halogens is 3. The van der Waals surface area contributed by atoms with Gasteiger partial charge in [-0.2, -0.15) is 0 Å². The van der Waals surface area contributed by atoms with Gasteiger partial charge in [0.1, 0.15) is 12.4 Å². The number of ether oxygens (including phenoxy) is 2. The van der Waals surface area contributed by atoms with Crippen molar-refractivity contribution in [3.05, 3.63) is 64.2 Å². The normalized spacial score (nSPS) is 14.4. The van der Waals surface area contributed by atoms with Gasteiger partial charge in [-0.15, -0.1) is 0 Å². The lowest BCUT2D eigenvalue weighted by Crippen LogP contribution is -2.33. The van der Waals surface area contributed by atoms with Crippen molar-refractivity contribution in [3.63, 3.8) is 0 Å². The molecule has 182 valence electrons. The molecular weight excluding hydrogens is 468 g/mol. The van der Waals surface area contributed by atoms with E-state index in [1.807, 2.05) is 0 Å². The first kappa shape index (κ1) is 25.6. The van der Waals surface area contributed by atoms with Crippen molar-refractivity contribution in [2.75, 3.05) is 19.8 Å². The van der Waals surface area contributed by atoms with E-state index in [2.05, 4.69) is 0 Å². The lowest BCUT2D eigenvalue weighted by molar-refractivity contribution is -0.143. The highest BCUT2D eigenvalue weighted by molar-refractivity contribution is 6.30. The van der Waals surface area contributed by atoms with Gasteiger partial charge in [0.25, 0.3) is 0 Å². The van der Waals surface area contributed by atoms with Crippen LogP contribution in [0.25, 0.3) is 0 Å². The fraction of sp³-hybridized carbons (Fsp3) is 0.400. The number of hydrogen-bond donors (Lipinski definition) is 0. The number of rotatable bonds is 11. The molecule has 2 amide bonds. The molecule has 0 bridgehead atoms. The van der Waals surface area contributed by atoms with E-state index in [0.29, 0.717) is 24.0 Å². The Bertz CT molecular complexity index is 1050. The van der Waals surface area contributed by atoms with Gasteiger partial charge in [0.15, 0.2) is 11.6 Å². The lowest BCUT2D eigenvalue weighted by atomic mass is 9.89. The zero-order chi connectivity index (χ0) is 24.7. The van der Waals surface area contributed by atoms with Crippen molar-refractivity contribution < 1.29 is 32.6 Å². The van der Waals surface area contributed by atoms with Crippen molar-refractivity contribution in [2.45, 2.75) is 44.9 Å². The second-order valence-electron chi connectivity index (χ2n) is 7.97. The Hall–Kier alpha value is -3.00. The Morgan fingerprint density at radius 2 is 1.82 bits per heavy atom. The number of esters is 1. The molecule has 0 radical (unpaired) electrons. The summed E-state index contributed by atoms with van der Waals surface area (Å²) in [5, 5.41) is -0.00485. The quantitative estimate of drug-likeness (QED) is 0.331. The fourth-order valence-electron chi connectivity index (χ4n) is 3.85. The van der Waals surface area contributed by atoms with Crippen LogP contribution < -0.4 is 4.74 Å². The summed E-state index contributed by atoms with van der Waals surface area (Å²) < 4.78 is 39.0. The van der Waals surface area contributed by atoms with Crippen LogP contribution >= 0.6 is 11.6 Å². The Morgan fingerprint density at radius 1 is 1.09 bits per heavy atom. The minimum atomic E-state index is -0.573. The molecule has 0 N–H and O–H groups in total. The molecule has 2 aromatic rings. The van der Waals surface area contributed by atoms with E-state index in [1.54, 1.807) is 19.1 Å². The third kappa shape index (κ3) is 6.76. The second-order valence-corrected chi connectivity index (χ2v) is 8.38. The van der Waals surface area contributed by atoms with Crippen LogP contribution in [0.3, 0.4) is 0 Å². The second kappa shape index (κ2) is 11.9. The van der Waals surface area contributed by atoms with E-state index >= 15 is 0 Å². The Kier molecular flexibility index (Phi) is 8.98. The number of nitrogens with zero attached hydrogens (tertiary/aromatic N) is 1. The van der Waals surface area contributed by atoms with Gasteiger partial charge in [0, 0.05) is 12.8 Å². The molecule has 9 heteroatoms. The highest BCUT2D eigenvalue weighted by Gasteiger charge is 2.28. The molecule has 1 aliphatic heterocycles. The first-order chi connectivity index (χ1) is 16.3. The number of amides is 2. The summed E-state index contributed by atoms with van der Waals surface area (Å²) in [6.07, 6.45) is 1.34. The van der Waals surface area contributed by atoms with Crippen LogP contribution in [0.1, 0.15) is 49.7 Å². The average molecular weight is 494 g/mol. The predicted molar refractivity (Wildman–Crippen MR) is 122 cm³/mol. The van der Waals surface area contributed by atoms with Crippen LogP contribution in [-0.4, -0.2) is 42.4 Å². The smallest absolute Gasteiger partial charge is 0.306 e.